The number of nitrogens with two attached hydrogens (primary N) is 2. The Labute approximate surface area is 211 Å². The van der Waals surface area contributed by atoms with Gasteiger partial charge in [-0.1, -0.05) is 26.7 Å². The summed E-state index contributed by atoms with van der Waals surface area (Å²) in [4.78, 5) is 8.79. The zero-order chi connectivity index (χ0) is 23.7. The molecule has 0 unspecified atom stereocenters. The van der Waals surface area contributed by atoms with E-state index in [-0.39, 0.29) is 12.4 Å². The van der Waals surface area contributed by atoms with Crippen LogP contribution < -0.4 is 20.9 Å². The van der Waals surface area contributed by atoms with Crippen LogP contribution in [0.15, 0.2) is 58.5 Å². The molecule has 2 aromatic carbocycles. The molecule has 0 heterocycles. The fraction of sp³-hybridized carbons (Fsp3) is 0.481. The number of rotatable bonds is 16. The third kappa shape index (κ3) is 11.4. The van der Waals surface area contributed by atoms with Gasteiger partial charge in [0.05, 0.1) is 13.2 Å². The lowest BCUT2D eigenvalue weighted by Crippen LogP contribution is -2.14. The van der Waals surface area contributed by atoms with Crippen molar-refractivity contribution in [3.8, 4) is 11.5 Å². The van der Waals surface area contributed by atoms with E-state index in [4.69, 9.17) is 20.9 Å². The highest BCUT2D eigenvalue weighted by Crippen LogP contribution is 2.15. The van der Waals surface area contributed by atoms with E-state index in [2.05, 4.69) is 23.8 Å². The smallest absolute Gasteiger partial charge is 0.125 e. The van der Waals surface area contributed by atoms with Crippen LogP contribution in [0, 0.1) is 0 Å². The monoisotopic (exact) mass is 488 g/mol. The van der Waals surface area contributed by atoms with Gasteiger partial charge in [0.25, 0.3) is 0 Å². The molecule has 34 heavy (non-hydrogen) atoms. The normalized spacial score (nSPS) is 11.7. The Kier molecular flexibility index (Phi) is 15.3. The summed E-state index contributed by atoms with van der Waals surface area (Å²) in [7, 11) is 0. The molecule has 188 valence electrons. The molecule has 4 N–H and O–H groups in total. The van der Waals surface area contributed by atoms with Crippen molar-refractivity contribution >= 4 is 24.1 Å². The van der Waals surface area contributed by atoms with E-state index in [1.165, 1.54) is 0 Å². The Balaban J connectivity index is 0.00000578. The number of hydrogen-bond donors (Lipinski definition) is 2. The fourth-order valence-electron chi connectivity index (χ4n) is 3.10. The summed E-state index contributed by atoms with van der Waals surface area (Å²) in [5.41, 5.74) is 13.9. The first kappa shape index (κ1) is 29.3. The van der Waals surface area contributed by atoms with E-state index < -0.39 is 0 Å². The summed E-state index contributed by atoms with van der Waals surface area (Å²) in [6.07, 6.45) is 7.36. The van der Waals surface area contributed by atoms with Crippen molar-refractivity contribution in [2.24, 2.45) is 21.5 Å². The van der Waals surface area contributed by atoms with Crippen LogP contribution in [0.4, 0.5) is 0 Å². The second-order valence-corrected chi connectivity index (χ2v) is 8.05. The quantitative estimate of drug-likeness (QED) is 0.179. The molecule has 0 aliphatic carbocycles. The van der Waals surface area contributed by atoms with Crippen LogP contribution in [0.5, 0.6) is 11.5 Å². The molecule has 2 aromatic rings. The number of nitrogens with zero attached hydrogens (tertiary/aromatic N) is 2. The van der Waals surface area contributed by atoms with Crippen molar-refractivity contribution in [1.29, 1.82) is 0 Å². The van der Waals surface area contributed by atoms with Crippen molar-refractivity contribution in [3.63, 3.8) is 0 Å². The highest BCUT2D eigenvalue weighted by molar-refractivity contribution is 5.98. The van der Waals surface area contributed by atoms with Gasteiger partial charge in [0, 0.05) is 24.2 Å². The van der Waals surface area contributed by atoms with Crippen molar-refractivity contribution in [3.05, 3.63) is 59.7 Å². The Morgan fingerprint density at radius 1 is 0.618 bits per heavy atom. The number of aliphatic imine (C=N–C) groups is 2. The largest absolute Gasteiger partial charge is 0.494 e. The number of halogens is 1. The highest BCUT2D eigenvalue weighted by Gasteiger charge is 2.01. The van der Waals surface area contributed by atoms with Gasteiger partial charge in [0.2, 0.25) is 0 Å². The topological polar surface area (TPSA) is 95.2 Å². The predicted octanol–water partition coefficient (Wildman–Crippen LogP) is 5.75. The molecule has 0 aromatic heterocycles. The van der Waals surface area contributed by atoms with E-state index in [9.17, 15) is 0 Å². The summed E-state index contributed by atoms with van der Waals surface area (Å²) < 4.78 is 11.7. The van der Waals surface area contributed by atoms with Crippen LogP contribution in [-0.4, -0.2) is 38.0 Å². The van der Waals surface area contributed by atoms with E-state index in [0.717, 1.165) is 80.7 Å². The van der Waals surface area contributed by atoms with Crippen LogP contribution in [0.1, 0.15) is 69.9 Å². The van der Waals surface area contributed by atoms with E-state index in [1.807, 2.05) is 48.5 Å². The molecular formula is C27H41ClN4O2. The van der Waals surface area contributed by atoms with Gasteiger partial charge in [-0.2, -0.15) is 0 Å². The molecule has 2 rings (SSSR count). The SMILES string of the molecule is CCCCN=C(N)c1ccc(OCCCCCOc2ccc(C(N)=NCCCC)cc2)cc1.Cl. The van der Waals surface area contributed by atoms with Crippen LogP contribution in [0.3, 0.4) is 0 Å². The van der Waals surface area contributed by atoms with Crippen molar-refractivity contribution in [2.75, 3.05) is 26.3 Å². The molecule has 0 aliphatic rings. The number of ether oxygens (including phenoxy) is 2. The molecule has 0 amide bonds. The summed E-state index contributed by atoms with van der Waals surface area (Å²) >= 11 is 0. The summed E-state index contributed by atoms with van der Waals surface area (Å²) in [5, 5.41) is 0. The maximum absolute atomic E-state index is 6.03. The zero-order valence-electron chi connectivity index (χ0n) is 20.7. The standard InChI is InChI=1S/C27H40N4O2.ClH/c1-3-5-18-30-26(28)22-10-14-24(15-11-22)32-20-8-7-9-21-33-25-16-12-23(13-17-25)27(29)31-19-6-4-2;/h10-17H,3-9,18-21H2,1-2H3,(H2,28,30)(H2,29,31);1H. The van der Waals surface area contributed by atoms with Gasteiger partial charge in [-0.25, -0.2) is 0 Å². The molecule has 6 nitrogen and oxygen atoms in total. The molecule has 0 spiro atoms. The van der Waals surface area contributed by atoms with Gasteiger partial charge in [0.1, 0.15) is 23.2 Å². The minimum absolute atomic E-state index is 0. The molecule has 0 saturated carbocycles. The highest BCUT2D eigenvalue weighted by atomic mass is 35.5. The maximum Gasteiger partial charge on any atom is 0.125 e. The van der Waals surface area contributed by atoms with E-state index in [0.29, 0.717) is 24.9 Å². The minimum Gasteiger partial charge on any atom is -0.494 e. The molecule has 0 aliphatic heterocycles. The molecule has 0 radical (unpaired) electrons. The van der Waals surface area contributed by atoms with E-state index >= 15 is 0 Å². The van der Waals surface area contributed by atoms with Gasteiger partial charge >= 0.3 is 0 Å². The van der Waals surface area contributed by atoms with Crippen molar-refractivity contribution in [1.82, 2.24) is 0 Å². The van der Waals surface area contributed by atoms with Crippen molar-refractivity contribution in [2.45, 2.75) is 58.8 Å². The molecule has 0 atom stereocenters. The number of unbranched alkanes of at least 4 members (excludes halogenated alkanes) is 4. The third-order valence-corrected chi connectivity index (χ3v) is 5.21. The molecule has 0 saturated heterocycles. The lowest BCUT2D eigenvalue weighted by Gasteiger charge is -2.09. The molecule has 7 heteroatoms. The van der Waals surface area contributed by atoms with Crippen LogP contribution in [0.2, 0.25) is 0 Å². The second kappa shape index (κ2) is 17.7. The molecular weight excluding hydrogens is 448 g/mol. The first-order valence-corrected chi connectivity index (χ1v) is 12.2. The fourth-order valence-corrected chi connectivity index (χ4v) is 3.10. The van der Waals surface area contributed by atoms with Crippen molar-refractivity contribution < 1.29 is 9.47 Å². The molecule has 0 fully saturated rings. The summed E-state index contributed by atoms with van der Waals surface area (Å²) in [6, 6.07) is 15.6. The average Bonchev–Trinajstić information content (AvgIpc) is 2.84. The number of hydrogen-bond acceptors (Lipinski definition) is 4. The summed E-state index contributed by atoms with van der Waals surface area (Å²) in [5.74, 6) is 2.89. The predicted molar refractivity (Wildman–Crippen MR) is 146 cm³/mol. The Hall–Kier alpha value is -2.73. The Morgan fingerprint density at radius 2 is 1.00 bits per heavy atom. The van der Waals surface area contributed by atoms with E-state index in [1.54, 1.807) is 0 Å². The van der Waals surface area contributed by atoms with Gasteiger partial charge in [-0.15, -0.1) is 12.4 Å². The second-order valence-electron chi connectivity index (χ2n) is 8.05. The third-order valence-electron chi connectivity index (χ3n) is 5.21. The Morgan fingerprint density at radius 3 is 1.35 bits per heavy atom. The lowest BCUT2D eigenvalue weighted by atomic mass is 10.2. The van der Waals surface area contributed by atoms with Gasteiger partial charge in [-0.3, -0.25) is 9.98 Å². The lowest BCUT2D eigenvalue weighted by molar-refractivity contribution is 0.279. The van der Waals surface area contributed by atoms with Crippen LogP contribution >= 0.6 is 12.4 Å². The maximum atomic E-state index is 6.03. The Bertz CT molecular complexity index is 780. The van der Waals surface area contributed by atoms with Gasteiger partial charge in [-0.05, 0) is 80.6 Å². The van der Waals surface area contributed by atoms with Gasteiger partial charge in [0.15, 0.2) is 0 Å². The summed E-state index contributed by atoms with van der Waals surface area (Å²) in [6.45, 7) is 7.21. The minimum atomic E-state index is 0. The van der Waals surface area contributed by atoms with Crippen LogP contribution in [-0.2, 0) is 0 Å². The first-order valence-electron chi connectivity index (χ1n) is 12.2. The number of amidine groups is 2. The zero-order valence-corrected chi connectivity index (χ0v) is 21.5. The van der Waals surface area contributed by atoms with Crippen LogP contribution in [0.25, 0.3) is 0 Å². The molecule has 0 bridgehead atoms. The average molecular weight is 489 g/mol. The first-order chi connectivity index (χ1) is 16.1. The van der Waals surface area contributed by atoms with Gasteiger partial charge < -0.3 is 20.9 Å². The number of benzene rings is 2.